The third-order valence-corrected chi connectivity index (χ3v) is 8.32. The molecular weight excluding hydrogens is 479 g/mol. The Morgan fingerprint density at radius 1 is 1.31 bits per heavy atom. The Morgan fingerprint density at radius 3 is 2.92 bits per heavy atom. The maximum absolute atomic E-state index is 15.5. The van der Waals surface area contributed by atoms with Gasteiger partial charge in [0.05, 0.1) is 30.2 Å². The lowest BCUT2D eigenvalue weighted by atomic mass is 9.79. The molecule has 4 rings (SSSR count). The van der Waals surface area contributed by atoms with E-state index in [0.29, 0.717) is 30.1 Å². The lowest BCUT2D eigenvalue weighted by Gasteiger charge is -2.39. The molecule has 0 amide bonds. The van der Waals surface area contributed by atoms with Gasteiger partial charge in [0.15, 0.2) is 0 Å². The van der Waals surface area contributed by atoms with Crippen molar-refractivity contribution in [3.8, 4) is 5.75 Å². The minimum Gasteiger partial charge on any atom is -0.497 e. The van der Waals surface area contributed by atoms with Gasteiger partial charge in [-0.3, -0.25) is 9.78 Å². The maximum Gasteiger partial charge on any atom is 0.303 e. The van der Waals surface area contributed by atoms with Gasteiger partial charge in [-0.15, -0.1) is 11.8 Å². The van der Waals surface area contributed by atoms with Crippen molar-refractivity contribution in [2.45, 2.75) is 43.3 Å². The van der Waals surface area contributed by atoms with Gasteiger partial charge >= 0.3 is 5.97 Å². The Kier molecular flexibility index (Phi) is 9.20. The molecule has 9 heteroatoms. The van der Waals surface area contributed by atoms with Gasteiger partial charge in [0.2, 0.25) is 0 Å². The van der Waals surface area contributed by atoms with Gasteiger partial charge in [0.25, 0.3) is 0 Å². The molecule has 0 saturated carbocycles. The first-order valence-corrected chi connectivity index (χ1v) is 13.5. The van der Waals surface area contributed by atoms with Gasteiger partial charge in [-0.2, -0.15) is 0 Å². The molecule has 194 valence electrons. The van der Waals surface area contributed by atoms with E-state index in [-0.39, 0.29) is 12.3 Å². The van der Waals surface area contributed by atoms with Crippen molar-refractivity contribution in [3.05, 3.63) is 48.5 Å². The molecule has 1 aromatic carbocycles. The highest BCUT2D eigenvalue weighted by molar-refractivity contribution is 7.99. The van der Waals surface area contributed by atoms with Gasteiger partial charge < -0.3 is 19.3 Å². The first kappa shape index (κ1) is 26.4. The van der Waals surface area contributed by atoms with Crippen LogP contribution >= 0.6 is 11.8 Å². The van der Waals surface area contributed by atoms with E-state index in [0.717, 1.165) is 54.2 Å². The summed E-state index contributed by atoms with van der Waals surface area (Å²) < 4.78 is 22.9. The highest BCUT2D eigenvalue weighted by Crippen LogP contribution is 2.36. The number of pyridine rings is 1. The molecule has 0 aliphatic carbocycles. The minimum absolute atomic E-state index is 0.159. The largest absolute Gasteiger partial charge is 0.497 e. The van der Waals surface area contributed by atoms with Crippen molar-refractivity contribution in [1.29, 1.82) is 0 Å². The number of carbonyl (C=O) groups is 1. The number of hydrogen-bond acceptors (Lipinski definition) is 6. The number of thioether (sulfide) groups is 1. The first-order chi connectivity index (χ1) is 17.4. The zero-order valence-electron chi connectivity index (χ0n) is 21.0. The number of aliphatic carboxylic acids is 1. The lowest BCUT2D eigenvalue weighted by Crippen LogP contribution is -2.41. The quantitative estimate of drug-likeness (QED) is 0.326. The number of nitrogens with zero attached hydrogens (tertiary/aromatic N) is 4. The van der Waals surface area contributed by atoms with E-state index in [2.05, 4.69) is 14.9 Å². The number of piperidine rings is 1. The van der Waals surface area contributed by atoms with Crippen molar-refractivity contribution < 1.29 is 19.0 Å². The summed E-state index contributed by atoms with van der Waals surface area (Å²) in [5, 5.41) is 11.2. The van der Waals surface area contributed by atoms with E-state index >= 15 is 4.39 Å². The number of hydrogen-bond donors (Lipinski definition) is 1. The summed E-state index contributed by atoms with van der Waals surface area (Å²) in [7, 11) is 3.59. The topological polar surface area (TPSA) is 80.5 Å². The number of ether oxygens (including phenoxy) is 1. The number of carboxylic acid groups (broad SMARTS) is 1. The van der Waals surface area contributed by atoms with E-state index in [4.69, 9.17) is 4.74 Å². The second-order valence-corrected chi connectivity index (χ2v) is 10.7. The fourth-order valence-corrected chi connectivity index (χ4v) is 6.15. The molecule has 3 heterocycles. The monoisotopic (exact) mass is 514 g/mol. The smallest absolute Gasteiger partial charge is 0.303 e. The maximum atomic E-state index is 15.5. The van der Waals surface area contributed by atoms with Crippen LogP contribution in [-0.2, 0) is 11.8 Å². The van der Waals surface area contributed by atoms with Crippen molar-refractivity contribution in [1.82, 2.24) is 19.4 Å². The summed E-state index contributed by atoms with van der Waals surface area (Å²) in [6.07, 6.45) is 7.17. The fourth-order valence-electron chi connectivity index (χ4n) is 5.20. The Hall–Kier alpha value is -2.65. The van der Waals surface area contributed by atoms with Crippen LogP contribution in [0.1, 0.15) is 43.8 Å². The highest BCUT2D eigenvalue weighted by Gasteiger charge is 2.30. The van der Waals surface area contributed by atoms with Crippen LogP contribution in [-0.4, -0.2) is 63.0 Å². The van der Waals surface area contributed by atoms with E-state index in [1.807, 2.05) is 36.0 Å². The first-order valence-electron chi connectivity index (χ1n) is 12.5. The summed E-state index contributed by atoms with van der Waals surface area (Å²) in [6.45, 7) is 2.78. The van der Waals surface area contributed by atoms with Gasteiger partial charge in [-0.05, 0) is 73.9 Å². The Morgan fingerprint density at radius 2 is 2.17 bits per heavy atom. The summed E-state index contributed by atoms with van der Waals surface area (Å²) in [5.74, 6) is 1.47. The molecule has 1 aliphatic heterocycles. The average Bonchev–Trinajstić information content (AvgIpc) is 3.30. The predicted octanol–water partition coefficient (Wildman–Crippen LogP) is 5.36. The third kappa shape index (κ3) is 6.76. The fraction of sp³-hybridized carbons (Fsp3) is 0.519. The number of rotatable bonds is 12. The van der Waals surface area contributed by atoms with E-state index in [1.54, 1.807) is 37.5 Å². The number of fused-ring (bicyclic) bond motifs is 1. The van der Waals surface area contributed by atoms with Crippen LogP contribution in [0.4, 0.5) is 4.39 Å². The summed E-state index contributed by atoms with van der Waals surface area (Å²) in [6, 6.07) is 7.30. The van der Waals surface area contributed by atoms with Crippen LogP contribution in [0.25, 0.3) is 10.9 Å². The van der Waals surface area contributed by atoms with Crippen LogP contribution in [0.15, 0.2) is 48.0 Å². The second-order valence-electron chi connectivity index (χ2n) is 9.56. The zero-order valence-corrected chi connectivity index (χ0v) is 21.8. The molecule has 36 heavy (non-hydrogen) atoms. The Balaban J connectivity index is 1.36. The van der Waals surface area contributed by atoms with Gasteiger partial charge in [-0.25, -0.2) is 9.37 Å². The number of methoxy groups -OCH3 is 1. The zero-order chi connectivity index (χ0) is 25.5. The molecule has 3 atom stereocenters. The SMILES string of the molecule is COc1ccc2nccc(C(F)CC[C@@H]3CCN(CCSc4cncn4C)C[C@@H]3CCC(=O)O)c2c1. The molecule has 0 bridgehead atoms. The number of carboxylic acids is 1. The molecule has 1 fully saturated rings. The van der Waals surface area contributed by atoms with E-state index < -0.39 is 12.1 Å². The van der Waals surface area contributed by atoms with Crippen molar-refractivity contribution in [2.75, 3.05) is 32.5 Å². The molecule has 0 radical (unpaired) electrons. The Bertz CT molecular complexity index is 1160. The number of aromatic nitrogens is 3. The van der Waals surface area contributed by atoms with Gasteiger partial charge in [0.1, 0.15) is 11.9 Å². The molecule has 1 N–H and O–H groups in total. The van der Waals surface area contributed by atoms with Crippen LogP contribution in [0, 0.1) is 11.8 Å². The van der Waals surface area contributed by atoms with Gasteiger partial charge in [-0.1, -0.05) is 0 Å². The molecule has 1 aliphatic rings. The Labute approximate surface area is 216 Å². The summed E-state index contributed by atoms with van der Waals surface area (Å²) in [5.41, 5.74) is 1.40. The molecule has 3 aromatic rings. The normalized spacial score (nSPS) is 19.4. The average molecular weight is 515 g/mol. The second kappa shape index (κ2) is 12.5. The van der Waals surface area contributed by atoms with Crippen LogP contribution < -0.4 is 4.74 Å². The van der Waals surface area contributed by atoms with Crippen molar-refractivity contribution in [3.63, 3.8) is 0 Å². The minimum atomic E-state index is -1.10. The highest BCUT2D eigenvalue weighted by atomic mass is 32.2. The summed E-state index contributed by atoms with van der Waals surface area (Å²) >= 11 is 1.78. The molecule has 2 aromatic heterocycles. The summed E-state index contributed by atoms with van der Waals surface area (Å²) in [4.78, 5) is 22.3. The number of halogens is 1. The molecular formula is C27H35FN4O3S. The molecule has 1 saturated heterocycles. The molecule has 0 spiro atoms. The van der Waals surface area contributed by atoms with Crippen LogP contribution in [0.3, 0.4) is 0 Å². The molecule has 7 nitrogen and oxygen atoms in total. The van der Waals surface area contributed by atoms with Crippen LogP contribution in [0.5, 0.6) is 5.75 Å². The standard InChI is InChI=1S/C27H35FN4O3S/c1-31-18-29-16-26(31)36-14-13-32-12-10-19(20(17-32)4-8-27(33)34)3-6-24(28)22-9-11-30-25-7-5-21(35-2)15-23(22)25/h5,7,9,11,15-16,18-20,24H,3-4,6,8,10,12-14,17H2,1-2H3,(H,33,34)/t19-,20+,24?/m1/s1. The predicted molar refractivity (Wildman–Crippen MR) is 140 cm³/mol. The lowest BCUT2D eigenvalue weighted by molar-refractivity contribution is -0.137. The number of benzene rings is 1. The third-order valence-electron chi connectivity index (χ3n) is 7.25. The van der Waals surface area contributed by atoms with Crippen LogP contribution in [0.2, 0.25) is 0 Å². The number of aryl methyl sites for hydroxylation is 1. The molecule has 1 unspecified atom stereocenters. The number of alkyl halides is 1. The van der Waals surface area contributed by atoms with Gasteiger partial charge in [0, 0.05) is 43.9 Å². The van der Waals surface area contributed by atoms with Crippen molar-refractivity contribution >= 4 is 28.6 Å². The number of imidazole rings is 1. The van der Waals surface area contributed by atoms with Crippen molar-refractivity contribution in [2.24, 2.45) is 18.9 Å². The number of likely N-dealkylation sites (tertiary alicyclic amines) is 1. The van der Waals surface area contributed by atoms with E-state index in [9.17, 15) is 9.90 Å². The van der Waals surface area contributed by atoms with E-state index in [1.165, 1.54) is 0 Å².